The zero-order valence-corrected chi connectivity index (χ0v) is 5.50. The average Bonchev–Trinajstić information content (AvgIpc) is 1.23. The smallest absolute Gasteiger partial charge is 0.0151 e. The second kappa shape index (κ2) is 2.08. The highest BCUT2D eigenvalue weighted by Crippen LogP contribution is 2.31. The Labute approximate surface area is 50.7 Å². The fraction of sp³-hybridized carbons (Fsp3) is 1.00. The SMILES string of the molecule is CC([S])C1CCC1. The quantitative estimate of drug-likeness (QED) is 0.492. The van der Waals surface area contributed by atoms with E-state index in [4.69, 9.17) is 12.6 Å². The Bertz CT molecular complexity index is 55.2. The van der Waals surface area contributed by atoms with Crippen molar-refractivity contribution in [3.05, 3.63) is 0 Å². The molecule has 1 atom stereocenters. The molecular formula is C6H11S. The Balaban J connectivity index is 2.14. The predicted molar refractivity (Wildman–Crippen MR) is 34.4 cm³/mol. The first-order chi connectivity index (χ1) is 3.30. The minimum atomic E-state index is 0.536. The third-order valence-corrected chi connectivity index (χ3v) is 2.20. The van der Waals surface area contributed by atoms with Gasteiger partial charge in [0, 0.05) is 5.25 Å². The van der Waals surface area contributed by atoms with Crippen molar-refractivity contribution in [2.24, 2.45) is 5.92 Å². The largest absolute Gasteiger partial charge is 0.0904 e. The molecule has 1 heteroatoms. The molecule has 0 aromatic rings. The lowest BCUT2D eigenvalue weighted by atomic mass is 9.83. The van der Waals surface area contributed by atoms with Gasteiger partial charge in [0.1, 0.15) is 0 Å². The van der Waals surface area contributed by atoms with E-state index in [-0.39, 0.29) is 0 Å². The van der Waals surface area contributed by atoms with E-state index in [2.05, 4.69) is 6.92 Å². The van der Waals surface area contributed by atoms with Crippen LogP contribution in [0.1, 0.15) is 26.2 Å². The maximum absolute atomic E-state index is 5.05. The van der Waals surface area contributed by atoms with Gasteiger partial charge in [-0.1, -0.05) is 26.0 Å². The van der Waals surface area contributed by atoms with Crippen LogP contribution in [0.2, 0.25) is 0 Å². The van der Waals surface area contributed by atoms with Gasteiger partial charge in [0.2, 0.25) is 0 Å². The van der Waals surface area contributed by atoms with Gasteiger partial charge >= 0.3 is 0 Å². The molecule has 0 saturated heterocycles. The lowest BCUT2D eigenvalue weighted by Crippen LogP contribution is -2.19. The Kier molecular flexibility index (Phi) is 1.63. The van der Waals surface area contributed by atoms with Gasteiger partial charge in [0.05, 0.1) is 0 Å². The van der Waals surface area contributed by atoms with E-state index in [1.165, 1.54) is 19.3 Å². The van der Waals surface area contributed by atoms with Crippen LogP contribution in [-0.2, 0) is 0 Å². The summed E-state index contributed by atoms with van der Waals surface area (Å²) in [5.74, 6) is 0.898. The van der Waals surface area contributed by atoms with E-state index in [1.54, 1.807) is 0 Å². The van der Waals surface area contributed by atoms with Gasteiger partial charge in [0.25, 0.3) is 0 Å². The summed E-state index contributed by atoms with van der Waals surface area (Å²) in [6, 6.07) is 0. The molecule has 1 radical (unpaired) electrons. The van der Waals surface area contributed by atoms with Crippen LogP contribution in [0.4, 0.5) is 0 Å². The molecule has 1 aliphatic rings. The van der Waals surface area contributed by atoms with Crippen LogP contribution in [-0.4, -0.2) is 5.25 Å². The van der Waals surface area contributed by atoms with Gasteiger partial charge in [-0.15, -0.1) is 0 Å². The minimum absolute atomic E-state index is 0.536. The molecule has 7 heavy (non-hydrogen) atoms. The van der Waals surface area contributed by atoms with E-state index in [0.29, 0.717) is 5.25 Å². The van der Waals surface area contributed by atoms with Crippen molar-refractivity contribution in [1.82, 2.24) is 0 Å². The molecular weight excluding hydrogens is 104 g/mol. The van der Waals surface area contributed by atoms with Gasteiger partial charge in [-0.3, -0.25) is 0 Å². The highest BCUT2D eigenvalue weighted by atomic mass is 32.1. The summed E-state index contributed by atoms with van der Waals surface area (Å²) in [6.45, 7) is 2.14. The standard InChI is InChI=1S/C6H11S/c1-5(7)6-3-2-4-6/h5-6H,2-4H2,1H3. The lowest BCUT2D eigenvalue weighted by Gasteiger charge is -2.27. The topological polar surface area (TPSA) is 0 Å². The minimum Gasteiger partial charge on any atom is -0.0904 e. The molecule has 1 saturated carbocycles. The molecule has 0 spiro atoms. The molecule has 0 N–H and O–H groups in total. The average molecular weight is 115 g/mol. The van der Waals surface area contributed by atoms with Gasteiger partial charge in [-0.25, -0.2) is 0 Å². The second-order valence-corrected chi connectivity index (χ2v) is 3.14. The van der Waals surface area contributed by atoms with Gasteiger partial charge in [-0.2, -0.15) is 0 Å². The summed E-state index contributed by atoms with van der Waals surface area (Å²) in [6.07, 6.45) is 4.21. The summed E-state index contributed by atoms with van der Waals surface area (Å²) in [7, 11) is 0. The monoisotopic (exact) mass is 115 g/mol. The van der Waals surface area contributed by atoms with E-state index in [1.807, 2.05) is 0 Å². The van der Waals surface area contributed by atoms with Crippen molar-refractivity contribution >= 4 is 12.6 Å². The van der Waals surface area contributed by atoms with Crippen molar-refractivity contribution in [1.29, 1.82) is 0 Å². The molecule has 0 aromatic carbocycles. The molecule has 0 aliphatic heterocycles. The van der Waals surface area contributed by atoms with E-state index in [9.17, 15) is 0 Å². The Morgan fingerprint density at radius 3 is 2.14 bits per heavy atom. The fourth-order valence-corrected chi connectivity index (χ4v) is 1.18. The van der Waals surface area contributed by atoms with E-state index >= 15 is 0 Å². The van der Waals surface area contributed by atoms with Crippen LogP contribution in [0.15, 0.2) is 0 Å². The lowest BCUT2D eigenvalue weighted by molar-refractivity contribution is 0.316. The third-order valence-electron chi connectivity index (χ3n) is 1.81. The maximum Gasteiger partial charge on any atom is 0.0151 e. The van der Waals surface area contributed by atoms with Gasteiger partial charge in [0.15, 0.2) is 0 Å². The van der Waals surface area contributed by atoms with Crippen LogP contribution in [0.5, 0.6) is 0 Å². The highest BCUT2D eigenvalue weighted by molar-refractivity contribution is 7.80. The molecule has 41 valence electrons. The molecule has 0 heterocycles. The van der Waals surface area contributed by atoms with Crippen molar-refractivity contribution in [2.45, 2.75) is 31.4 Å². The van der Waals surface area contributed by atoms with Crippen LogP contribution in [0.25, 0.3) is 0 Å². The first kappa shape index (κ1) is 5.49. The summed E-state index contributed by atoms with van der Waals surface area (Å²) in [4.78, 5) is 0. The first-order valence-corrected chi connectivity index (χ1v) is 3.43. The van der Waals surface area contributed by atoms with Crippen LogP contribution >= 0.6 is 12.6 Å². The molecule has 0 amide bonds. The first-order valence-electron chi connectivity index (χ1n) is 2.96. The van der Waals surface area contributed by atoms with E-state index < -0.39 is 0 Å². The van der Waals surface area contributed by atoms with Crippen LogP contribution < -0.4 is 0 Å². The third kappa shape index (κ3) is 1.12. The highest BCUT2D eigenvalue weighted by Gasteiger charge is 2.21. The summed E-state index contributed by atoms with van der Waals surface area (Å²) >= 11 is 5.05. The second-order valence-electron chi connectivity index (χ2n) is 2.40. The van der Waals surface area contributed by atoms with Crippen LogP contribution in [0, 0.1) is 5.92 Å². The molecule has 1 fully saturated rings. The van der Waals surface area contributed by atoms with Crippen LogP contribution in [0.3, 0.4) is 0 Å². The molecule has 0 nitrogen and oxygen atoms in total. The molecule has 1 aliphatic carbocycles. The predicted octanol–water partition coefficient (Wildman–Crippen LogP) is 2.37. The molecule has 0 bridgehead atoms. The number of rotatable bonds is 1. The maximum atomic E-state index is 5.05. The van der Waals surface area contributed by atoms with E-state index in [0.717, 1.165) is 5.92 Å². The Morgan fingerprint density at radius 2 is 2.14 bits per heavy atom. The summed E-state index contributed by atoms with van der Waals surface area (Å²) in [5.41, 5.74) is 0. The molecule has 1 unspecified atom stereocenters. The van der Waals surface area contributed by atoms with Crippen molar-refractivity contribution < 1.29 is 0 Å². The van der Waals surface area contributed by atoms with Gasteiger partial charge in [-0.05, 0) is 18.8 Å². The Hall–Kier alpha value is 0.350. The molecule has 0 aromatic heterocycles. The normalized spacial score (nSPS) is 26.6. The fourth-order valence-electron chi connectivity index (χ4n) is 0.909. The van der Waals surface area contributed by atoms with Crippen molar-refractivity contribution in [3.8, 4) is 0 Å². The van der Waals surface area contributed by atoms with Crippen molar-refractivity contribution in [3.63, 3.8) is 0 Å². The number of hydrogen-bond acceptors (Lipinski definition) is 0. The summed E-state index contributed by atoms with van der Waals surface area (Å²) < 4.78 is 0. The zero-order chi connectivity index (χ0) is 5.28. The molecule has 1 rings (SSSR count). The number of hydrogen-bond donors (Lipinski definition) is 0. The van der Waals surface area contributed by atoms with Gasteiger partial charge < -0.3 is 0 Å². The Morgan fingerprint density at radius 1 is 1.57 bits per heavy atom. The summed E-state index contributed by atoms with van der Waals surface area (Å²) in [5, 5.41) is 0.536. The van der Waals surface area contributed by atoms with Crippen molar-refractivity contribution in [2.75, 3.05) is 0 Å². The zero-order valence-electron chi connectivity index (χ0n) is 4.68.